The van der Waals surface area contributed by atoms with Crippen molar-refractivity contribution in [3.05, 3.63) is 48.0 Å². The van der Waals surface area contributed by atoms with Crippen molar-refractivity contribution in [1.29, 1.82) is 0 Å². The molecule has 2 aromatic carbocycles. The Labute approximate surface area is 177 Å². The SMILES string of the molecule is CCC(NC(=O)CN(c1ccc(OC)cc1)S(C)(=O)=O)c1ccc(OC)c(OC)c1. The van der Waals surface area contributed by atoms with E-state index in [4.69, 9.17) is 14.2 Å². The summed E-state index contributed by atoms with van der Waals surface area (Å²) < 4.78 is 41.3. The van der Waals surface area contributed by atoms with Crippen molar-refractivity contribution in [2.75, 3.05) is 38.4 Å². The minimum absolute atomic E-state index is 0.311. The van der Waals surface area contributed by atoms with Crippen LogP contribution in [0.15, 0.2) is 42.5 Å². The number of hydrogen-bond acceptors (Lipinski definition) is 6. The molecule has 1 N–H and O–H groups in total. The van der Waals surface area contributed by atoms with Gasteiger partial charge in [-0.25, -0.2) is 8.42 Å². The van der Waals surface area contributed by atoms with Crippen molar-refractivity contribution in [3.63, 3.8) is 0 Å². The average Bonchev–Trinajstić information content (AvgIpc) is 2.74. The second-order valence-electron chi connectivity index (χ2n) is 6.61. The fraction of sp³-hybridized carbons (Fsp3) is 0.381. The molecule has 0 aliphatic carbocycles. The average molecular weight is 437 g/mol. The Bertz CT molecular complexity index is 960. The van der Waals surface area contributed by atoms with Gasteiger partial charge in [-0.15, -0.1) is 0 Å². The van der Waals surface area contributed by atoms with Crippen LogP contribution in [-0.4, -0.2) is 48.5 Å². The summed E-state index contributed by atoms with van der Waals surface area (Å²) in [5, 5.41) is 2.90. The zero-order valence-electron chi connectivity index (χ0n) is 17.8. The number of carbonyl (C=O) groups is 1. The van der Waals surface area contributed by atoms with E-state index >= 15 is 0 Å². The van der Waals surface area contributed by atoms with Gasteiger partial charge in [0.2, 0.25) is 15.9 Å². The van der Waals surface area contributed by atoms with Crippen molar-refractivity contribution >= 4 is 21.6 Å². The molecular weight excluding hydrogens is 408 g/mol. The fourth-order valence-electron chi connectivity index (χ4n) is 3.01. The first kappa shape index (κ1) is 23.3. The van der Waals surface area contributed by atoms with E-state index in [0.29, 0.717) is 29.4 Å². The molecule has 1 amide bonds. The van der Waals surface area contributed by atoms with Gasteiger partial charge in [-0.1, -0.05) is 13.0 Å². The van der Waals surface area contributed by atoms with Crippen LogP contribution >= 0.6 is 0 Å². The maximum Gasteiger partial charge on any atom is 0.241 e. The lowest BCUT2D eigenvalue weighted by Gasteiger charge is -2.24. The predicted octanol–water partition coefficient (Wildman–Crippen LogP) is 2.75. The number of hydrogen-bond donors (Lipinski definition) is 1. The number of nitrogens with one attached hydrogen (secondary N) is 1. The number of carbonyl (C=O) groups excluding carboxylic acids is 1. The zero-order valence-corrected chi connectivity index (χ0v) is 18.7. The molecule has 8 nitrogen and oxygen atoms in total. The summed E-state index contributed by atoms with van der Waals surface area (Å²) in [6.07, 6.45) is 1.68. The Balaban J connectivity index is 2.20. The standard InChI is InChI=1S/C21H28N2O6S/c1-6-18(15-7-12-19(28-3)20(13-15)29-4)22-21(24)14-23(30(5,25)26)16-8-10-17(27-2)11-9-16/h7-13,18H,6,14H2,1-5H3,(H,22,24). The van der Waals surface area contributed by atoms with Crippen molar-refractivity contribution in [3.8, 4) is 17.2 Å². The van der Waals surface area contributed by atoms with Gasteiger partial charge in [0.25, 0.3) is 0 Å². The first-order valence-electron chi connectivity index (χ1n) is 9.36. The van der Waals surface area contributed by atoms with Crippen LogP contribution in [0.25, 0.3) is 0 Å². The Morgan fingerprint density at radius 3 is 2.13 bits per heavy atom. The maximum atomic E-state index is 12.7. The summed E-state index contributed by atoms with van der Waals surface area (Å²) in [6.45, 7) is 1.59. The van der Waals surface area contributed by atoms with Crippen molar-refractivity contribution < 1.29 is 27.4 Å². The van der Waals surface area contributed by atoms with Gasteiger partial charge in [0.05, 0.1) is 39.3 Å². The van der Waals surface area contributed by atoms with Gasteiger partial charge in [-0.3, -0.25) is 9.10 Å². The molecule has 0 heterocycles. The summed E-state index contributed by atoms with van der Waals surface area (Å²) >= 11 is 0. The number of amides is 1. The third-order valence-electron chi connectivity index (χ3n) is 4.60. The molecule has 0 saturated heterocycles. The molecule has 0 aliphatic heterocycles. The van der Waals surface area contributed by atoms with Gasteiger partial charge in [0.1, 0.15) is 12.3 Å². The summed E-state index contributed by atoms with van der Waals surface area (Å²) in [5.74, 6) is 1.32. The molecule has 30 heavy (non-hydrogen) atoms. The van der Waals surface area contributed by atoms with Crippen molar-refractivity contribution in [2.24, 2.45) is 0 Å². The van der Waals surface area contributed by atoms with Crippen LogP contribution < -0.4 is 23.8 Å². The second kappa shape index (κ2) is 10.2. The van der Waals surface area contributed by atoms with E-state index < -0.39 is 15.9 Å². The third kappa shape index (κ3) is 5.79. The molecule has 1 atom stereocenters. The monoisotopic (exact) mass is 436 g/mol. The number of ether oxygens (including phenoxy) is 3. The molecule has 2 aromatic rings. The largest absolute Gasteiger partial charge is 0.497 e. The Morgan fingerprint density at radius 1 is 1.00 bits per heavy atom. The van der Waals surface area contributed by atoms with E-state index in [9.17, 15) is 13.2 Å². The lowest BCUT2D eigenvalue weighted by molar-refractivity contribution is -0.120. The summed E-state index contributed by atoms with van der Waals surface area (Å²) in [4.78, 5) is 12.7. The topological polar surface area (TPSA) is 94.2 Å². The van der Waals surface area contributed by atoms with Crippen LogP contribution in [0.4, 0.5) is 5.69 Å². The predicted molar refractivity (Wildman–Crippen MR) is 116 cm³/mol. The highest BCUT2D eigenvalue weighted by atomic mass is 32.2. The van der Waals surface area contributed by atoms with Gasteiger partial charge in [0, 0.05) is 0 Å². The van der Waals surface area contributed by atoms with Gasteiger partial charge in [0.15, 0.2) is 11.5 Å². The molecule has 0 aromatic heterocycles. The first-order chi connectivity index (χ1) is 14.2. The smallest absolute Gasteiger partial charge is 0.241 e. The molecule has 9 heteroatoms. The summed E-state index contributed by atoms with van der Waals surface area (Å²) in [6, 6.07) is 11.6. The lowest BCUT2D eigenvalue weighted by Crippen LogP contribution is -2.41. The summed E-state index contributed by atoms with van der Waals surface area (Å²) in [7, 11) is 0.952. The van der Waals surface area contributed by atoms with E-state index in [0.717, 1.165) is 16.1 Å². The maximum absolute atomic E-state index is 12.7. The third-order valence-corrected chi connectivity index (χ3v) is 5.74. The molecule has 2 rings (SSSR count). The van der Waals surface area contributed by atoms with E-state index in [1.54, 1.807) is 50.6 Å². The van der Waals surface area contributed by atoms with Gasteiger partial charge < -0.3 is 19.5 Å². The van der Waals surface area contributed by atoms with Crippen LogP contribution in [0, 0.1) is 0 Å². The highest BCUT2D eigenvalue weighted by molar-refractivity contribution is 7.92. The molecule has 0 fully saturated rings. The number of rotatable bonds is 10. The molecule has 0 saturated carbocycles. The molecule has 0 bridgehead atoms. The van der Waals surface area contributed by atoms with Crippen molar-refractivity contribution in [1.82, 2.24) is 5.32 Å². The van der Waals surface area contributed by atoms with Crippen molar-refractivity contribution in [2.45, 2.75) is 19.4 Å². The molecule has 0 aliphatic rings. The van der Waals surface area contributed by atoms with E-state index in [-0.39, 0.29) is 12.6 Å². The van der Waals surface area contributed by atoms with Crippen LogP contribution in [-0.2, 0) is 14.8 Å². The Kier molecular flexibility index (Phi) is 7.93. The molecule has 0 radical (unpaired) electrons. The first-order valence-corrected chi connectivity index (χ1v) is 11.2. The normalized spacial score (nSPS) is 12.0. The highest BCUT2D eigenvalue weighted by Gasteiger charge is 2.23. The number of nitrogens with zero attached hydrogens (tertiary/aromatic N) is 1. The quantitative estimate of drug-likeness (QED) is 0.616. The van der Waals surface area contributed by atoms with E-state index in [1.807, 2.05) is 13.0 Å². The Morgan fingerprint density at radius 2 is 1.63 bits per heavy atom. The Hall–Kier alpha value is -2.94. The number of sulfonamides is 1. The minimum Gasteiger partial charge on any atom is -0.497 e. The molecule has 164 valence electrons. The van der Waals surface area contributed by atoms with Crippen LogP contribution in [0.2, 0.25) is 0 Å². The number of benzene rings is 2. The van der Waals surface area contributed by atoms with Gasteiger partial charge in [-0.2, -0.15) is 0 Å². The number of methoxy groups -OCH3 is 3. The molecule has 1 unspecified atom stereocenters. The van der Waals surface area contributed by atoms with Crippen LogP contribution in [0.1, 0.15) is 24.9 Å². The lowest BCUT2D eigenvalue weighted by atomic mass is 10.0. The molecular formula is C21H28N2O6S. The molecule has 0 spiro atoms. The zero-order chi connectivity index (χ0) is 22.3. The van der Waals surface area contributed by atoms with Crippen LogP contribution in [0.3, 0.4) is 0 Å². The second-order valence-corrected chi connectivity index (χ2v) is 8.52. The number of anilines is 1. The summed E-state index contributed by atoms with van der Waals surface area (Å²) in [5.41, 5.74) is 1.21. The fourth-order valence-corrected chi connectivity index (χ4v) is 3.87. The highest BCUT2D eigenvalue weighted by Crippen LogP contribution is 2.31. The van der Waals surface area contributed by atoms with Crippen LogP contribution in [0.5, 0.6) is 17.2 Å². The van der Waals surface area contributed by atoms with Gasteiger partial charge >= 0.3 is 0 Å². The van der Waals surface area contributed by atoms with Gasteiger partial charge in [-0.05, 0) is 48.4 Å². The minimum atomic E-state index is -3.66. The van der Waals surface area contributed by atoms with E-state index in [1.165, 1.54) is 7.11 Å². The van der Waals surface area contributed by atoms with E-state index in [2.05, 4.69) is 5.32 Å².